The second-order valence-electron chi connectivity index (χ2n) is 8.21. The SMILES string of the molecule is O=c1c2c(N3CC4(COC4)C3)cccc2cnn1CCc1cn2ccccc2n1. The third-order valence-electron chi connectivity index (χ3n) is 6.06. The normalized spacial score (nSPS) is 17.6. The summed E-state index contributed by atoms with van der Waals surface area (Å²) < 4.78 is 8.94. The van der Waals surface area contributed by atoms with Gasteiger partial charge in [0.15, 0.2) is 0 Å². The quantitative estimate of drug-likeness (QED) is 0.537. The third kappa shape index (κ3) is 2.65. The van der Waals surface area contributed by atoms with E-state index in [0.29, 0.717) is 18.4 Å². The van der Waals surface area contributed by atoms with Crippen molar-refractivity contribution in [1.29, 1.82) is 0 Å². The number of aryl methyl sites for hydroxylation is 2. The molecule has 0 N–H and O–H groups in total. The van der Waals surface area contributed by atoms with Gasteiger partial charge in [0.05, 0.1) is 48.1 Å². The Morgan fingerprint density at radius 3 is 2.79 bits per heavy atom. The van der Waals surface area contributed by atoms with Gasteiger partial charge in [-0.2, -0.15) is 5.10 Å². The fraction of sp³-hybridized carbons (Fsp3) is 0.318. The summed E-state index contributed by atoms with van der Waals surface area (Å²) in [4.78, 5) is 20.2. The minimum atomic E-state index is -0.0346. The molecule has 2 aliphatic rings. The Morgan fingerprint density at radius 1 is 1.10 bits per heavy atom. The maximum Gasteiger partial charge on any atom is 0.276 e. The molecule has 2 aliphatic heterocycles. The summed E-state index contributed by atoms with van der Waals surface area (Å²) in [5.74, 6) is 0. The standard InChI is InChI=1S/C22H21N5O2/c28-21-20-16(4-3-5-18(20)26-12-22(13-26)14-29-15-22)10-23-27(21)9-7-17-11-25-8-2-1-6-19(25)24-17/h1-6,8,10-11H,7,9,12-15H2. The summed E-state index contributed by atoms with van der Waals surface area (Å²) in [6.45, 7) is 4.08. The fourth-order valence-corrected chi connectivity index (χ4v) is 4.47. The lowest BCUT2D eigenvalue weighted by atomic mass is 9.77. The molecule has 0 unspecified atom stereocenters. The molecule has 7 nitrogen and oxygen atoms in total. The van der Waals surface area contributed by atoms with Crippen LogP contribution in [0.4, 0.5) is 5.69 Å². The number of nitrogens with zero attached hydrogens (tertiary/aromatic N) is 5. The van der Waals surface area contributed by atoms with Crippen LogP contribution in [0.25, 0.3) is 16.4 Å². The minimum Gasteiger partial charge on any atom is -0.380 e. The lowest BCUT2D eigenvalue weighted by Crippen LogP contribution is -2.66. The molecule has 0 saturated carbocycles. The van der Waals surface area contributed by atoms with Crippen LogP contribution in [0.1, 0.15) is 5.69 Å². The van der Waals surface area contributed by atoms with Crippen molar-refractivity contribution in [2.45, 2.75) is 13.0 Å². The molecular weight excluding hydrogens is 366 g/mol. The molecule has 7 heteroatoms. The molecule has 0 atom stereocenters. The molecule has 0 bridgehead atoms. The predicted molar refractivity (Wildman–Crippen MR) is 110 cm³/mol. The molecule has 146 valence electrons. The van der Waals surface area contributed by atoms with Crippen molar-refractivity contribution in [3.05, 3.63) is 71.0 Å². The number of imidazole rings is 1. The van der Waals surface area contributed by atoms with Gasteiger partial charge in [-0.25, -0.2) is 9.67 Å². The molecule has 0 aliphatic carbocycles. The maximum atomic E-state index is 13.3. The first-order valence-corrected chi connectivity index (χ1v) is 9.95. The van der Waals surface area contributed by atoms with Gasteiger partial charge in [0.1, 0.15) is 5.65 Å². The zero-order valence-corrected chi connectivity index (χ0v) is 16.0. The van der Waals surface area contributed by atoms with Crippen molar-refractivity contribution >= 4 is 22.1 Å². The van der Waals surface area contributed by atoms with E-state index in [2.05, 4.69) is 15.0 Å². The zero-order valence-electron chi connectivity index (χ0n) is 16.0. The molecule has 1 spiro atoms. The highest BCUT2D eigenvalue weighted by atomic mass is 16.5. The number of aromatic nitrogens is 4. The number of hydrogen-bond acceptors (Lipinski definition) is 5. The minimum absolute atomic E-state index is 0.0346. The lowest BCUT2D eigenvalue weighted by molar-refractivity contribution is -0.126. The number of rotatable bonds is 4. The first-order valence-electron chi connectivity index (χ1n) is 9.95. The Bertz CT molecular complexity index is 1250. The fourth-order valence-electron chi connectivity index (χ4n) is 4.47. The van der Waals surface area contributed by atoms with Crippen LogP contribution in [0, 0.1) is 5.41 Å². The predicted octanol–water partition coefficient (Wildman–Crippen LogP) is 2.12. The third-order valence-corrected chi connectivity index (χ3v) is 6.06. The molecule has 2 fully saturated rings. The second-order valence-corrected chi connectivity index (χ2v) is 8.21. The van der Waals surface area contributed by atoms with E-state index in [9.17, 15) is 4.79 Å². The van der Waals surface area contributed by atoms with Gasteiger partial charge in [0.2, 0.25) is 0 Å². The average molecular weight is 387 g/mol. The Balaban J connectivity index is 1.30. The average Bonchev–Trinajstić information content (AvgIpc) is 3.08. The molecular formula is C22H21N5O2. The summed E-state index contributed by atoms with van der Waals surface area (Å²) in [5.41, 5.74) is 3.14. The highest BCUT2D eigenvalue weighted by molar-refractivity contribution is 5.93. The van der Waals surface area contributed by atoms with Crippen molar-refractivity contribution in [2.24, 2.45) is 5.41 Å². The molecule has 0 radical (unpaired) electrons. The molecule has 0 amide bonds. The Labute approximate surface area is 167 Å². The van der Waals surface area contributed by atoms with E-state index in [-0.39, 0.29) is 5.56 Å². The second kappa shape index (κ2) is 6.15. The van der Waals surface area contributed by atoms with Gasteiger partial charge in [-0.3, -0.25) is 4.79 Å². The van der Waals surface area contributed by atoms with E-state index in [0.717, 1.165) is 54.1 Å². The Morgan fingerprint density at radius 2 is 2.00 bits per heavy atom. The van der Waals surface area contributed by atoms with E-state index in [4.69, 9.17) is 4.74 Å². The van der Waals surface area contributed by atoms with Crippen LogP contribution >= 0.6 is 0 Å². The van der Waals surface area contributed by atoms with Crippen molar-refractivity contribution in [2.75, 3.05) is 31.2 Å². The van der Waals surface area contributed by atoms with Crippen LogP contribution in [0.15, 0.2) is 59.8 Å². The number of fused-ring (bicyclic) bond motifs is 2. The van der Waals surface area contributed by atoms with Crippen LogP contribution in [0.5, 0.6) is 0 Å². The van der Waals surface area contributed by atoms with E-state index in [1.165, 1.54) is 0 Å². The molecule has 2 saturated heterocycles. The van der Waals surface area contributed by atoms with Gasteiger partial charge in [-0.15, -0.1) is 0 Å². The summed E-state index contributed by atoms with van der Waals surface area (Å²) in [6, 6.07) is 11.9. The molecule has 29 heavy (non-hydrogen) atoms. The van der Waals surface area contributed by atoms with Crippen molar-refractivity contribution in [3.63, 3.8) is 0 Å². The highest BCUT2D eigenvalue weighted by Gasteiger charge is 2.49. The Kier molecular flexibility index (Phi) is 3.55. The van der Waals surface area contributed by atoms with Gasteiger partial charge in [0.25, 0.3) is 5.56 Å². The first-order chi connectivity index (χ1) is 14.2. The molecule has 3 aromatic heterocycles. The summed E-state index contributed by atoms with van der Waals surface area (Å²) in [5, 5.41) is 6.05. The smallest absolute Gasteiger partial charge is 0.276 e. The van der Waals surface area contributed by atoms with Crippen LogP contribution in [0.3, 0.4) is 0 Å². The first kappa shape index (κ1) is 16.7. The number of pyridine rings is 1. The largest absolute Gasteiger partial charge is 0.380 e. The summed E-state index contributed by atoms with van der Waals surface area (Å²) in [7, 11) is 0. The van der Waals surface area contributed by atoms with Crippen LogP contribution < -0.4 is 10.5 Å². The molecule has 6 rings (SSSR count). The molecule has 5 heterocycles. The highest BCUT2D eigenvalue weighted by Crippen LogP contribution is 2.41. The zero-order chi connectivity index (χ0) is 19.4. The molecule has 1 aromatic carbocycles. The van der Waals surface area contributed by atoms with Gasteiger partial charge in [-0.1, -0.05) is 18.2 Å². The van der Waals surface area contributed by atoms with E-state index < -0.39 is 0 Å². The lowest BCUT2D eigenvalue weighted by Gasteiger charge is -2.56. The number of hydrogen-bond donors (Lipinski definition) is 0. The van der Waals surface area contributed by atoms with E-state index in [1.54, 1.807) is 10.9 Å². The number of anilines is 1. The molecule has 4 aromatic rings. The maximum absolute atomic E-state index is 13.3. The van der Waals surface area contributed by atoms with Gasteiger partial charge in [0, 0.05) is 37.3 Å². The van der Waals surface area contributed by atoms with Crippen molar-refractivity contribution in [3.8, 4) is 0 Å². The monoisotopic (exact) mass is 387 g/mol. The van der Waals surface area contributed by atoms with E-state index in [1.807, 2.05) is 53.2 Å². The van der Waals surface area contributed by atoms with Crippen LogP contribution in [0.2, 0.25) is 0 Å². The Hall–Kier alpha value is -3.19. The number of ether oxygens (including phenoxy) is 1. The van der Waals surface area contributed by atoms with Crippen molar-refractivity contribution < 1.29 is 4.74 Å². The van der Waals surface area contributed by atoms with Crippen LogP contribution in [-0.4, -0.2) is 45.5 Å². The van der Waals surface area contributed by atoms with Crippen molar-refractivity contribution in [1.82, 2.24) is 19.2 Å². The van der Waals surface area contributed by atoms with Gasteiger partial charge in [-0.05, 0) is 18.2 Å². The van der Waals surface area contributed by atoms with Gasteiger partial charge < -0.3 is 14.0 Å². The summed E-state index contributed by atoms with van der Waals surface area (Å²) >= 11 is 0. The van der Waals surface area contributed by atoms with Gasteiger partial charge >= 0.3 is 0 Å². The van der Waals surface area contributed by atoms with E-state index >= 15 is 0 Å². The topological polar surface area (TPSA) is 64.7 Å². The van der Waals surface area contributed by atoms with Crippen LogP contribution in [-0.2, 0) is 17.7 Å². The summed E-state index contributed by atoms with van der Waals surface area (Å²) in [6.07, 6.45) is 6.44. The number of benzene rings is 1.